The van der Waals surface area contributed by atoms with Gasteiger partial charge in [-0.3, -0.25) is 4.79 Å². The van der Waals surface area contributed by atoms with E-state index in [1.54, 1.807) is 68.6 Å². The first-order valence-corrected chi connectivity index (χ1v) is 18.0. The van der Waals surface area contributed by atoms with E-state index >= 15 is 0 Å². The van der Waals surface area contributed by atoms with Gasteiger partial charge < -0.3 is 19.1 Å². The summed E-state index contributed by atoms with van der Waals surface area (Å²) in [6, 6.07) is 18.2. The van der Waals surface area contributed by atoms with E-state index in [9.17, 15) is 18.0 Å². The number of esters is 1. The second-order valence-electron chi connectivity index (χ2n) is 11.8. The number of aryl methyl sites for hydroxylation is 1. The molecule has 0 aliphatic carbocycles. The standard InChI is InChI=1S/C35H39ClN2O7S2/c1-6-43-33(39)22-45-30-17-12-24(9-8-18-47(41,42)28-15-13-26(36)14-16-28)19-29(30)38(5)34(40)25-10-7-11-27(20-25)44-21-32-37-31(23-46-32)35(2,3)4/h7,10-17,19-20,23H,6,8-9,18,21-22H2,1-5H3. The van der Waals surface area contributed by atoms with Crippen LogP contribution in [-0.4, -0.2) is 51.3 Å². The number of benzene rings is 3. The van der Waals surface area contributed by atoms with Crippen LogP contribution in [0, 0.1) is 0 Å². The van der Waals surface area contributed by atoms with Crippen LogP contribution < -0.4 is 14.4 Å². The molecule has 0 unspecified atom stereocenters. The molecule has 4 rings (SSSR count). The minimum Gasteiger partial charge on any atom is -0.486 e. The zero-order chi connectivity index (χ0) is 34.2. The van der Waals surface area contributed by atoms with Crippen LogP contribution in [0.5, 0.6) is 11.5 Å². The van der Waals surface area contributed by atoms with Crippen LogP contribution in [0.2, 0.25) is 5.02 Å². The molecule has 0 atom stereocenters. The molecule has 12 heteroatoms. The van der Waals surface area contributed by atoms with Crippen molar-refractivity contribution in [3.63, 3.8) is 0 Å². The summed E-state index contributed by atoms with van der Waals surface area (Å²) in [6.07, 6.45) is 0.776. The second-order valence-corrected chi connectivity index (χ2v) is 15.3. The SMILES string of the molecule is CCOC(=O)COc1ccc(CCCS(=O)(=O)c2ccc(Cl)cc2)cc1N(C)C(=O)c1cccc(OCc2nc(C(C)(C)C)cs2)c1. The van der Waals surface area contributed by atoms with Gasteiger partial charge in [-0.15, -0.1) is 11.3 Å². The van der Waals surface area contributed by atoms with Crippen LogP contribution in [0.25, 0.3) is 0 Å². The Balaban J connectivity index is 1.50. The van der Waals surface area contributed by atoms with Crippen molar-refractivity contribution in [2.45, 2.75) is 57.5 Å². The van der Waals surface area contributed by atoms with Crippen molar-refractivity contribution in [3.8, 4) is 11.5 Å². The molecule has 250 valence electrons. The van der Waals surface area contributed by atoms with Gasteiger partial charge in [-0.2, -0.15) is 0 Å². The highest BCUT2D eigenvalue weighted by Gasteiger charge is 2.21. The summed E-state index contributed by atoms with van der Waals surface area (Å²) < 4.78 is 42.4. The highest BCUT2D eigenvalue weighted by Crippen LogP contribution is 2.32. The Morgan fingerprint density at radius 1 is 1.00 bits per heavy atom. The number of carbonyl (C=O) groups is 2. The molecule has 0 bridgehead atoms. The number of hydrogen-bond acceptors (Lipinski definition) is 9. The maximum Gasteiger partial charge on any atom is 0.344 e. The third kappa shape index (κ3) is 10.0. The molecule has 3 aromatic carbocycles. The number of anilines is 1. The van der Waals surface area contributed by atoms with Gasteiger partial charge in [0.05, 0.1) is 28.6 Å². The number of hydrogen-bond donors (Lipinski definition) is 0. The third-order valence-electron chi connectivity index (χ3n) is 7.15. The summed E-state index contributed by atoms with van der Waals surface area (Å²) in [6.45, 7) is 8.17. The number of amides is 1. The minimum absolute atomic E-state index is 0.0586. The second kappa shape index (κ2) is 15.8. The molecular weight excluding hydrogens is 660 g/mol. The van der Waals surface area contributed by atoms with E-state index < -0.39 is 15.8 Å². The highest BCUT2D eigenvalue weighted by atomic mass is 35.5. The van der Waals surface area contributed by atoms with Gasteiger partial charge in [0.25, 0.3) is 5.91 Å². The molecule has 0 aliphatic heterocycles. The number of aromatic nitrogens is 1. The van der Waals surface area contributed by atoms with Gasteiger partial charge in [0.15, 0.2) is 16.4 Å². The first kappa shape index (κ1) is 35.9. The van der Waals surface area contributed by atoms with Gasteiger partial charge in [0, 0.05) is 28.4 Å². The zero-order valence-electron chi connectivity index (χ0n) is 27.1. The Labute approximate surface area is 285 Å². The number of sulfone groups is 1. The fourth-order valence-corrected chi connectivity index (χ4v) is 6.93. The van der Waals surface area contributed by atoms with Crippen molar-refractivity contribution in [2.75, 3.05) is 30.9 Å². The predicted molar refractivity (Wildman–Crippen MR) is 185 cm³/mol. The Kier molecular flexibility index (Phi) is 12.1. The van der Waals surface area contributed by atoms with Crippen LogP contribution in [0.3, 0.4) is 0 Å². The molecule has 1 aromatic heterocycles. The van der Waals surface area contributed by atoms with Gasteiger partial charge in [-0.05, 0) is 79.9 Å². The summed E-state index contributed by atoms with van der Waals surface area (Å²) in [5.74, 6) is -0.110. The Morgan fingerprint density at radius 2 is 1.74 bits per heavy atom. The highest BCUT2D eigenvalue weighted by molar-refractivity contribution is 7.91. The zero-order valence-corrected chi connectivity index (χ0v) is 29.5. The van der Waals surface area contributed by atoms with E-state index in [0.717, 1.165) is 16.3 Å². The van der Waals surface area contributed by atoms with Crippen molar-refractivity contribution in [2.24, 2.45) is 0 Å². The molecule has 0 saturated carbocycles. The molecule has 47 heavy (non-hydrogen) atoms. The molecule has 1 amide bonds. The van der Waals surface area contributed by atoms with E-state index in [-0.39, 0.29) is 41.8 Å². The van der Waals surface area contributed by atoms with Crippen molar-refractivity contribution < 1.29 is 32.2 Å². The molecule has 0 saturated heterocycles. The van der Waals surface area contributed by atoms with Crippen LogP contribution in [0.1, 0.15) is 60.7 Å². The average molecular weight is 699 g/mol. The summed E-state index contributed by atoms with van der Waals surface area (Å²) in [7, 11) is -1.89. The summed E-state index contributed by atoms with van der Waals surface area (Å²) in [5.41, 5.74) is 2.54. The first-order valence-electron chi connectivity index (χ1n) is 15.1. The average Bonchev–Trinajstić information content (AvgIpc) is 3.53. The number of thiazole rings is 1. The van der Waals surface area contributed by atoms with Crippen molar-refractivity contribution in [3.05, 3.63) is 99.0 Å². The molecule has 0 fully saturated rings. The largest absolute Gasteiger partial charge is 0.486 e. The lowest BCUT2D eigenvalue weighted by molar-refractivity contribution is -0.145. The van der Waals surface area contributed by atoms with Crippen molar-refractivity contribution in [1.29, 1.82) is 0 Å². The summed E-state index contributed by atoms with van der Waals surface area (Å²) >= 11 is 7.44. The van der Waals surface area contributed by atoms with E-state index in [2.05, 4.69) is 25.8 Å². The number of ether oxygens (including phenoxy) is 3. The van der Waals surface area contributed by atoms with Gasteiger partial charge in [0.1, 0.15) is 23.1 Å². The monoisotopic (exact) mass is 698 g/mol. The number of halogens is 1. The van der Waals surface area contributed by atoms with Crippen molar-refractivity contribution in [1.82, 2.24) is 4.98 Å². The normalized spacial score (nSPS) is 11.6. The topological polar surface area (TPSA) is 112 Å². The van der Waals surface area contributed by atoms with Crippen LogP contribution >= 0.6 is 22.9 Å². The molecular formula is C35H39ClN2O7S2. The smallest absolute Gasteiger partial charge is 0.344 e. The van der Waals surface area contributed by atoms with Crippen molar-refractivity contribution >= 4 is 50.3 Å². The Morgan fingerprint density at radius 3 is 2.43 bits per heavy atom. The first-order chi connectivity index (χ1) is 22.3. The van der Waals surface area contributed by atoms with Gasteiger partial charge in [-0.25, -0.2) is 18.2 Å². The quantitative estimate of drug-likeness (QED) is 0.126. The van der Waals surface area contributed by atoms with Gasteiger partial charge in [-0.1, -0.05) is 44.5 Å². The van der Waals surface area contributed by atoms with E-state index in [1.807, 2.05) is 5.38 Å². The van der Waals surface area contributed by atoms with Gasteiger partial charge >= 0.3 is 5.97 Å². The molecule has 0 aliphatic rings. The molecule has 1 heterocycles. The van der Waals surface area contributed by atoms with Crippen LogP contribution in [0.4, 0.5) is 5.69 Å². The molecule has 4 aromatic rings. The molecule has 0 spiro atoms. The van der Waals surface area contributed by atoms with E-state index in [4.69, 9.17) is 25.8 Å². The maximum absolute atomic E-state index is 13.7. The molecule has 0 radical (unpaired) electrons. The third-order valence-corrected chi connectivity index (χ3v) is 10.0. The minimum atomic E-state index is -3.50. The van der Waals surface area contributed by atoms with Crippen LogP contribution in [-0.2, 0) is 37.8 Å². The Bertz CT molecular complexity index is 1800. The number of carbonyl (C=O) groups excluding carboxylic acids is 2. The lowest BCUT2D eigenvalue weighted by Gasteiger charge is -2.22. The Hall–Kier alpha value is -3.93. The molecule has 0 N–H and O–H groups in total. The summed E-state index contributed by atoms with van der Waals surface area (Å²) in [4.78, 5) is 32.1. The van der Waals surface area contributed by atoms with E-state index in [0.29, 0.717) is 40.6 Å². The summed E-state index contributed by atoms with van der Waals surface area (Å²) in [5, 5.41) is 3.33. The fourth-order valence-electron chi connectivity index (χ4n) is 4.56. The fraction of sp³-hybridized carbons (Fsp3) is 0.343. The van der Waals surface area contributed by atoms with E-state index in [1.165, 1.54) is 28.4 Å². The number of nitrogens with zero attached hydrogens (tertiary/aromatic N) is 2. The lowest BCUT2D eigenvalue weighted by Crippen LogP contribution is -2.27. The lowest BCUT2D eigenvalue weighted by atomic mass is 9.93. The van der Waals surface area contributed by atoms with Crippen LogP contribution in [0.15, 0.2) is 77.0 Å². The predicted octanol–water partition coefficient (Wildman–Crippen LogP) is 7.30. The molecule has 9 nitrogen and oxygen atoms in total. The number of rotatable bonds is 14. The maximum atomic E-state index is 13.7. The van der Waals surface area contributed by atoms with Gasteiger partial charge in [0.2, 0.25) is 0 Å².